The summed E-state index contributed by atoms with van der Waals surface area (Å²) in [6.45, 7) is 8.11. The number of hydrogen-bond donors (Lipinski definition) is 1. The number of fused-ring (bicyclic) bond motifs is 2. The number of pyridine rings is 2. The van der Waals surface area contributed by atoms with Crippen LogP contribution in [-0.4, -0.2) is 73.6 Å². The summed E-state index contributed by atoms with van der Waals surface area (Å²) in [4.78, 5) is 33.9. The zero-order valence-electron chi connectivity index (χ0n) is 22.1. The van der Waals surface area contributed by atoms with Gasteiger partial charge in [-0.2, -0.15) is 5.10 Å². The molecule has 1 aliphatic heterocycles. The summed E-state index contributed by atoms with van der Waals surface area (Å²) in [5.41, 5.74) is 3.63. The Kier molecular flexibility index (Phi) is 6.56. The molecule has 40 heavy (non-hydrogen) atoms. The zero-order valence-corrected chi connectivity index (χ0v) is 22.1. The van der Waals surface area contributed by atoms with Gasteiger partial charge in [0, 0.05) is 44.5 Å². The fraction of sp³-hybridized carbons (Fsp3) is 0.214. The third-order valence-corrected chi connectivity index (χ3v) is 6.79. The molecule has 6 rings (SSSR count). The number of rotatable bonds is 7. The first-order valence-electron chi connectivity index (χ1n) is 12.7. The van der Waals surface area contributed by atoms with E-state index in [1.807, 2.05) is 43.3 Å². The molecule has 1 N–H and O–H groups in total. The van der Waals surface area contributed by atoms with E-state index in [0.29, 0.717) is 71.6 Å². The van der Waals surface area contributed by atoms with Crippen molar-refractivity contribution < 1.29 is 14.3 Å². The maximum atomic E-state index is 12.0. The minimum Gasteiger partial charge on any atom is -0.494 e. The van der Waals surface area contributed by atoms with Crippen molar-refractivity contribution in [2.75, 3.05) is 43.5 Å². The lowest BCUT2D eigenvalue weighted by atomic mass is 10.1. The first-order chi connectivity index (χ1) is 19.5. The van der Waals surface area contributed by atoms with E-state index in [2.05, 4.69) is 36.8 Å². The second-order valence-corrected chi connectivity index (χ2v) is 9.25. The van der Waals surface area contributed by atoms with Gasteiger partial charge in [0.15, 0.2) is 11.5 Å². The third-order valence-electron chi connectivity index (χ3n) is 6.79. The van der Waals surface area contributed by atoms with Gasteiger partial charge >= 0.3 is 0 Å². The van der Waals surface area contributed by atoms with Crippen LogP contribution in [0.2, 0.25) is 0 Å². The average molecular weight is 538 g/mol. The summed E-state index contributed by atoms with van der Waals surface area (Å²) in [5.74, 6) is 3.16. The Hall–Kier alpha value is -5.26. The van der Waals surface area contributed by atoms with Crippen molar-refractivity contribution in [3.05, 3.63) is 73.5 Å². The molecule has 12 heteroatoms. The van der Waals surface area contributed by atoms with Crippen LogP contribution in [0.3, 0.4) is 0 Å². The Morgan fingerprint density at radius 1 is 1.02 bits per heavy atom. The molecule has 0 unspecified atom stereocenters. The monoisotopic (exact) mass is 537 g/mol. The van der Waals surface area contributed by atoms with Crippen molar-refractivity contribution in [1.29, 1.82) is 0 Å². The van der Waals surface area contributed by atoms with Crippen LogP contribution in [0.25, 0.3) is 16.7 Å². The summed E-state index contributed by atoms with van der Waals surface area (Å²) in [7, 11) is 1.60. The lowest BCUT2D eigenvalue weighted by Gasteiger charge is -2.35. The first kappa shape index (κ1) is 25.0. The van der Waals surface area contributed by atoms with Crippen LogP contribution in [0.5, 0.6) is 17.2 Å². The Bertz CT molecular complexity index is 1730. The van der Waals surface area contributed by atoms with Crippen molar-refractivity contribution in [3.63, 3.8) is 0 Å². The van der Waals surface area contributed by atoms with Crippen LogP contribution < -0.4 is 19.7 Å². The van der Waals surface area contributed by atoms with E-state index >= 15 is 0 Å². The van der Waals surface area contributed by atoms with Crippen LogP contribution >= 0.6 is 0 Å². The number of carbonyl (C=O) groups excluding carboxylic acids is 1. The third kappa shape index (κ3) is 4.82. The normalized spacial score (nSPS) is 13.4. The van der Waals surface area contributed by atoms with Crippen LogP contribution in [0.1, 0.15) is 5.56 Å². The van der Waals surface area contributed by atoms with E-state index in [9.17, 15) is 4.79 Å². The Labute approximate surface area is 229 Å². The van der Waals surface area contributed by atoms with Gasteiger partial charge in [0.1, 0.15) is 41.2 Å². The average Bonchev–Trinajstić information content (AvgIpc) is 3.46. The highest BCUT2D eigenvalue weighted by Gasteiger charge is 2.21. The second-order valence-electron chi connectivity index (χ2n) is 9.25. The molecule has 202 valence electrons. The summed E-state index contributed by atoms with van der Waals surface area (Å²) in [6.07, 6.45) is 6.14. The summed E-state index contributed by atoms with van der Waals surface area (Å²) >= 11 is 0. The number of aromatic nitrogens is 6. The van der Waals surface area contributed by atoms with E-state index in [-0.39, 0.29) is 5.91 Å². The number of aryl methyl sites for hydroxylation is 1. The molecule has 4 aromatic heterocycles. The van der Waals surface area contributed by atoms with Crippen LogP contribution in [0.15, 0.2) is 67.9 Å². The van der Waals surface area contributed by atoms with Gasteiger partial charge in [-0.25, -0.2) is 24.5 Å². The Morgan fingerprint density at radius 2 is 1.88 bits per heavy atom. The number of hydrogen-bond acceptors (Lipinski definition) is 10. The summed E-state index contributed by atoms with van der Waals surface area (Å²) in [5, 5.41) is 7.50. The minimum absolute atomic E-state index is 0.0527. The number of benzene rings is 1. The van der Waals surface area contributed by atoms with E-state index in [1.165, 1.54) is 18.7 Å². The fourth-order valence-electron chi connectivity index (χ4n) is 4.64. The summed E-state index contributed by atoms with van der Waals surface area (Å²) in [6, 6.07) is 11.3. The molecule has 12 nitrogen and oxygen atoms in total. The zero-order chi connectivity index (χ0) is 27.6. The van der Waals surface area contributed by atoms with Gasteiger partial charge in [-0.15, -0.1) is 0 Å². The Balaban J connectivity index is 1.26. The predicted octanol–water partition coefficient (Wildman–Crippen LogP) is 3.76. The van der Waals surface area contributed by atoms with Crippen molar-refractivity contribution in [3.8, 4) is 17.2 Å². The van der Waals surface area contributed by atoms with Crippen LogP contribution in [0.4, 0.5) is 17.3 Å². The topological polar surface area (TPSA) is 123 Å². The number of piperazine rings is 1. The molecule has 0 bridgehead atoms. The number of amides is 1. The van der Waals surface area contributed by atoms with Gasteiger partial charge in [-0.05, 0) is 42.8 Å². The molecule has 1 amide bonds. The maximum absolute atomic E-state index is 12.0. The molecule has 1 aliphatic rings. The molecular weight excluding hydrogens is 510 g/mol. The fourth-order valence-corrected chi connectivity index (χ4v) is 4.64. The van der Waals surface area contributed by atoms with E-state index in [0.717, 1.165) is 11.4 Å². The Morgan fingerprint density at radius 3 is 2.67 bits per heavy atom. The molecule has 0 radical (unpaired) electrons. The highest BCUT2D eigenvalue weighted by molar-refractivity contribution is 5.89. The van der Waals surface area contributed by atoms with Gasteiger partial charge in [-0.3, -0.25) is 4.79 Å². The molecule has 1 saturated heterocycles. The van der Waals surface area contributed by atoms with Crippen molar-refractivity contribution in [2.24, 2.45) is 0 Å². The molecular formula is C28H27N9O3. The molecule has 5 heterocycles. The van der Waals surface area contributed by atoms with Crippen LogP contribution in [0, 0.1) is 6.92 Å². The van der Waals surface area contributed by atoms with E-state index in [4.69, 9.17) is 14.5 Å². The molecule has 0 aliphatic carbocycles. The number of anilines is 3. The largest absolute Gasteiger partial charge is 0.494 e. The minimum atomic E-state index is -0.0527. The van der Waals surface area contributed by atoms with Crippen LogP contribution in [-0.2, 0) is 4.79 Å². The van der Waals surface area contributed by atoms with Crippen molar-refractivity contribution in [2.45, 2.75) is 6.92 Å². The second kappa shape index (κ2) is 10.5. The molecule has 0 saturated carbocycles. The summed E-state index contributed by atoms with van der Waals surface area (Å²) < 4.78 is 13.5. The number of carbonyl (C=O) groups is 1. The first-order valence-corrected chi connectivity index (χ1v) is 12.7. The standard InChI is InChI=1S/C28H27N9O3/c1-4-26(38)36-11-9-35(10-12-36)24-6-5-20-27(34-24)28(31-16-29-20)33-21-13-18(2)22(15-23(21)39-3)40-19-7-8-37-25(14-19)30-17-32-37/h4-8,13-17H,1,9-12H2,2-3H3,(H,29,31,33). The number of nitrogens with one attached hydrogen (secondary N) is 1. The highest BCUT2D eigenvalue weighted by Crippen LogP contribution is 2.37. The van der Waals surface area contributed by atoms with Crippen molar-refractivity contribution in [1.82, 2.24) is 34.4 Å². The predicted molar refractivity (Wildman–Crippen MR) is 150 cm³/mol. The van der Waals surface area contributed by atoms with E-state index in [1.54, 1.807) is 22.7 Å². The lowest BCUT2D eigenvalue weighted by molar-refractivity contribution is -0.126. The van der Waals surface area contributed by atoms with Gasteiger partial charge in [0.2, 0.25) is 5.91 Å². The number of methoxy groups -OCH3 is 1. The maximum Gasteiger partial charge on any atom is 0.246 e. The van der Waals surface area contributed by atoms with Gasteiger partial charge in [0.05, 0.1) is 18.3 Å². The van der Waals surface area contributed by atoms with Gasteiger partial charge in [-0.1, -0.05) is 6.58 Å². The highest BCUT2D eigenvalue weighted by atomic mass is 16.5. The quantitative estimate of drug-likeness (QED) is 0.307. The smallest absolute Gasteiger partial charge is 0.246 e. The SMILES string of the molecule is C=CC(=O)N1CCN(c2ccc3ncnc(Nc4cc(C)c(Oc5ccn6ncnc6c5)cc4OC)c3n2)CC1. The van der Waals surface area contributed by atoms with Crippen molar-refractivity contribution >= 4 is 39.9 Å². The van der Waals surface area contributed by atoms with Gasteiger partial charge < -0.3 is 24.6 Å². The molecule has 1 fully saturated rings. The van der Waals surface area contributed by atoms with E-state index < -0.39 is 0 Å². The number of ether oxygens (including phenoxy) is 2. The molecule has 1 aromatic carbocycles. The molecule has 0 atom stereocenters. The molecule has 0 spiro atoms. The lowest BCUT2D eigenvalue weighted by Crippen LogP contribution is -2.48. The van der Waals surface area contributed by atoms with Gasteiger partial charge in [0.25, 0.3) is 0 Å². The number of nitrogens with zero attached hydrogens (tertiary/aromatic N) is 8. The molecule has 5 aromatic rings.